The van der Waals surface area contributed by atoms with Crippen LogP contribution in [-0.2, 0) is 20.0 Å². The molecule has 1 atom stereocenters. The molecule has 0 aliphatic carbocycles. The average molecular weight is 273 g/mol. The average Bonchev–Trinajstić information content (AvgIpc) is 2.48. The Labute approximate surface area is 116 Å². The molecule has 0 aliphatic rings. The molecule has 0 bridgehead atoms. The van der Waals surface area contributed by atoms with Gasteiger partial charge in [-0.2, -0.15) is 0 Å². The van der Waals surface area contributed by atoms with Crippen molar-refractivity contribution in [2.24, 2.45) is 0 Å². The van der Waals surface area contributed by atoms with E-state index in [0.717, 1.165) is 10.9 Å². The van der Waals surface area contributed by atoms with Gasteiger partial charge >= 0.3 is 0 Å². The van der Waals surface area contributed by atoms with Crippen molar-refractivity contribution in [3.63, 3.8) is 0 Å². The Morgan fingerprint density at radius 1 is 0.947 bits per heavy atom. The predicted octanol–water partition coefficient (Wildman–Crippen LogP) is 2.43. The second kappa shape index (κ2) is 5.84. The predicted molar refractivity (Wildman–Crippen MR) is 76.2 cm³/mol. The Kier molecular flexibility index (Phi) is 4.37. The van der Waals surface area contributed by atoms with E-state index in [4.69, 9.17) is 14.2 Å². The monoisotopic (exact) mass is 273 g/mol. The van der Waals surface area contributed by atoms with Crippen LogP contribution in [0.2, 0.25) is 0 Å². The van der Waals surface area contributed by atoms with Crippen molar-refractivity contribution in [1.29, 1.82) is 0 Å². The summed E-state index contributed by atoms with van der Waals surface area (Å²) in [5, 5.41) is 2.31. The zero-order chi connectivity index (χ0) is 13.9. The van der Waals surface area contributed by atoms with E-state index in [1.165, 1.54) is 5.39 Å². The highest BCUT2D eigenvalue weighted by molar-refractivity contribution is 6.11. The Bertz CT molecular complexity index is 552. The number of hydrogen-bond acceptors (Lipinski definition) is 3. The standard InChI is InChI=1S/C15H17O3Si/c1-16-14(19)15(17-2,18-3)13-9-8-11-6-4-5-7-12(11)10-13/h4-10,14H,1-3H3. The molecule has 0 N–H and O–H groups in total. The molecule has 0 amide bonds. The molecule has 0 aromatic heterocycles. The minimum absolute atomic E-state index is 0.413. The second-order valence-corrected chi connectivity index (χ2v) is 4.78. The molecule has 0 aliphatic heterocycles. The fourth-order valence-corrected chi connectivity index (χ4v) is 2.65. The molecule has 2 aromatic carbocycles. The first-order chi connectivity index (χ1) is 9.17. The summed E-state index contributed by atoms with van der Waals surface area (Å²) in [6, 6.07) is 14.2. The maximum atomic E-state index is 5.58. The van der Waals surface area contributed by atoms with Crippen LogP contribution >= 0.6 is 0 Å². The molecular weight excluding hydrogens is 256 g/mol. The normalized spacial score (nSPS) is 13.7. The summed E-state index contributed by atoms with van der Waals surface area (Å²) in [4.78, 5) is 0. The van der Waals surface area contributed by atoms with Crippen LogP contribution in [0.1, 0.15) is 5.56 Å². The van der Waals surface area contributed by atoms with E-state index in [1.807, 2.05) is 24.3 Å². The van der Waals surface area contributed by atoms with E-state index in [2.05, 4.69) is 28.4 Å². The summed E-state index contributed by atoms with van der Waals surface area (Å²) in [5.41, 5.74) is 0.488. The van der Waals surface area contributed by atoms with Gasteiger partial charge in [0.2, 0.25) is 5.79 Å². The summed E-state index contributed by atoms with van der Waals surface area (Å²) < 4.78 is 16.5. The van der Waals surface area contributed by atoms with Gasteiger partial charge in [-0.15, -0.1) is 0 Å². The van der Waals surface area contributed by atoms with Gasteiger partial charge in [0, 0.05) is 26.9 Å². The lowest BCUT2D eigenvalue weighted by Crippen LogP contribution is -2.44. The van der Waals surface area contributed by atoms with Crippen LogP contribution in [0.3, 0.4) is 0 Å². The van der Waals surface area contributed by atoms with E-state index in [1.54, 1.807) is 21.3 Å². The molecule has 0 heterocycles. The van der Waals surface area contributed by atoms with E-state index in [9.17, 15) is 0 Å². The van der Waals surface area contributed by atoms with Crippen LogP contribution in [-0.4, -0.2) is 37.3 Å². The lowest BCUT2D eigenvalue weighted by molar-refractivity contribution is -0.253. The third-order valence-electron chi connectivity index (χ3n) is 3.34. The van der Waals surface area contributed by atoms with Gasteiger partial charge in [-0.1, -0.05) is 36.4 Å². The van der Waals surface area contributed by atoms with Gasteiger partial charge < -0.3 is 14.2 Å². The maximum Gasteiger partial charge on any atom is 0.217 e. The van der Waals surface area contributed by atoms with Gasteiger partial charge in [-0.3, -0.25) is 0 Å². The molecule has 0 fully saturated rings. The molecule has 0 saturated carbocycles. The van der Waals surface area contributed by atoms with Crippen LogP contribution in [0, 0.1) is 0 Å². The quantitative estimate of drug-likeness (QED) is 0.618. The zero-order valence-electron chi connectivity index (χ0n) is 11.3. The highest BCUT2D eigenvalue weighted by Gasteiger charge is 2.39. The molecule has 4 heteroatoms. The number of rotatable bonds is 5. The zero-order valence-corrected chi connectivity index (χ0v) is 12.3. The molecule has 99 valence electrons. The molecule has 0 saturated heterocycles. The van der Waals surface area contributed by atoms with Crippen LogP contribution in [0.25, 0.3) is 10.8 Å². The second-order valence-electron chi connectivity index (χ2n) is 4.25. The van der Waals surface area contributed by atoms with Crippen LogP contribution < -0.4 is 0 Å². The van der Waals surface area contributed by atoms with E-state index in [0.29, 0.717) is 0 Å². The maximum absolute atomic E-state index is 5.58. The Morgan fingerprint density at radius 2 is 1.58 bits per heavy atom. The SMILES string of the molecule is COC([Si])C(OC)(OC)c1ccc2ccccc2c1. The van der Waals surface area contributed by atoms with Crippen LogP contribution in [0.4, 0.5) is 0 Å². The van der Waals surface area contributed by atoms with E-state index in [-0.39, 0.29) is 0 Å². The Balaban J connectivity index is 2.56. The van der Waals surface area contributed by atoms with Gasteiger partial charge in [-0.05, 0) is 16.8 Å². The summed E-state index contributed by atoms with van der Waals surface area (Å²) in [5.74, 6) is -0.977. The third kappa shape index (κ3) is 2.44. The Morgan fingerprint density at radius 3 is 2.16 bits per heavy atom. The number of benzene rings is 2. The molecule has 3 radical (unpaired) electrons. The molecule has 3 nitrogen and oxygen atoms in total. The molecule has 1 unspecified atom stereocenters. The van der Waals surface area contributed by atoms with Crippen molar-refractivity contribution in [1.82, 2.24) is 0 Å². The molecule has 2 rings (SSSR count). The molecule has 19 heavy (non-hydrogen) atoms. The summed E-state index contributed by atoms with van der Waals surface area (Å²) >= 11 is 0. The number of ether oxygens (including phenoxy) is 3. The van der Waals surface area contributed by atoms with Crippen molar-refractivity contribution in [2.75, 3.05) is 21.3 Å². The molecule has 2 aromatic rings. The number of methoxy groups -OCH3 is 3. The Hall–Kier alpha value is -1.20. The topological polar surface area (TPSA) is 27.7 Å². The van der Waals surface area contributed by atoms with Crippen molar-refractivity contribution in [2.45, 2.75) is 11.5 Å². The van der Waals surface area contributed by atoms with E-state index >= 15 is 0 Å². The van der Waals surface area contributed by atoms with Crippen molar-refractivity contribution >= 4 is 21.0 Å². The van der Waals surface area contributed by atoms with E-state index < -0.39 is 11.5 Å². The van der Waals surface area contributed by atoms with Crippen molar-refractivity contribution in [3.8, 4) is 0 Å². The minimum atomic E-state index is -0.977. The van der Waals surface area contributed by atoms with Gasteiger partial charge in [0.1, 0.15) is 0 Å². The van der Waals surface area contributed by atoms with Gasteiger partial charge in [-0.25, -0.2) is 0 Å². The van der Waals surface area contributed by atoms with Crippen LogP contribution in [0.5, 0.6) is 0 Å². The lowest BCUT2D eigenvalue weighted by atomic mass is 10.0. The number of fused-ring (bicyclic) bond motifs is 1. The fourth-order valence-electron chi connectivity index (χ4n) is 2.25. The summed E-state index contributed by atoms with van der Waals surface area (Å²) in [6.45, 7) is 0. The first kappa shape index (κ1) is 14.2. The van der Waals surface area contributed by atoms with Crippen LogP contribution in [0.15, 0.2) is 42.5 Å². The van der Waals surface area contributed by atoms with Crippen molar-refractivity contribution < 1.29 is 14.2 Å². The first-order valence-electron chi connectivity index (χ1n) is 6.01. The van der Waals surface area contributed by atoms with Crippen molar-refractivity contribution in [3.05, 3.63) is 48.0 Å². The summed E-state index contributed by atoms with van der Waals surface area (Å²) in [7, 11) is 8.31. The number of hydrogen-bond donors (Lipinski definition) is 0. The van der Waals surface area contributed by atoms with Gasteiger partial charge in [0.05, 0.1) is 16.0 Å². The smallest absolute Gasteiger partial charge is 0.217 e. The first-order valence-corrected chi connectivity index (χ1v) is 6.59. The van der Waals surface area contributed by atoms with Gasteiger partial charge in [0.15, 0.2) is 0 Å². The lowest BCUT2D eigenvalue weighted by Gasteiger charge is -2.36. The molecule has 0 spiro atoms. The molecular formula is C15H17O3Si. The highest BCUT2D eigenvalue weighted by atomic mass is 28.1. The highest BCUT2D eigenvalue weighted by Crippen LogP contribution is 2.32. The third-order valence-corrected chi connectivity index (χ3v) is 3.95. The fraction of sp³-hybridized carbons (Fsp3) is 0.333. The summed E-state index contributed by atoms with van der Waals surface area (Å²) in [6.07, 6.45) is 0. The largest absolute Gasteiger partial charge is 0.380 e. The minimum Gasteiger partial charge on any atom is -0.380 e. The van der Waals surface area contributed by atoms with Gasteiger partial charge in [0.25, 0.3) is 0 Å².